The van der Waals surface area contributed by atoms with Crippen LogP contribution in [0.1, 0.15) is 24.0 Å². The number of ether oxygens (including phenoxy) is 1. The Labute approximate surface area is 238 Å². The number of morpholine rings is 1. The Kier molecular flexibility index (Phi) is 7.10. The third-order valence-electron chi connectivity index (χ3n) is 8.52. The number of piperazine rings is 1. The summed E-state index contributed by atoms with van der Waals surface area (Å²) in [6.07, 6.45) is 2.71. The Balaban J connectivity index is 1.09. The lowest BCUT2D eigenvalue weighted by Gasteiger charge is -2.37. The molecule has 3 heterocycles. The molecule has 3 fully saturated rings. The molecule has 3 aliphatic rings. The van der Waals surface area contributed by atoms with Crippen molar-refractivity contribution in [1.29, 1.82) is 0 Å². The molecule has 1 aromatic heterocycles. The van der Waals surface area contributed by atoms with E-state index in [1.54, 1.807) is 6.07 Å². The Hall–Kier alpha value is -3.53. The summed E-state index contributed by atoms with van der Waals surface area (Å²) in [5.74, 6) is -1.13. The number of aryl methyl sites for hydroxylation is 1. The highest BCUT2D eigenvalue weighted by molar-refractivity contribution is 5.91. The largest absolute Gasteiger partial charge is 0.423 e. The molecule has 0 atom stereocenters. The van der Waals surface area contributed by atoms with Crippen LogP contribution in [0.25, 0.3) is 22.2 Å². The SMILES string of the molecule is Cc1cc(Nc2nc3cccc(-c4cc(F)c(CN5CCOCC5)c(F)c4)c3o2)ccc1N1CCN(C2CC2)CC1. The lowest BCUT2D eigenvalue weighted by atomic mass is 10.0. The zero-order valence-corrected chi connectivity index (χ0v) is 23.3. The molecule has 0 amide bonds. The number of fused-ring (bicyclic) bond motifs is 1. The summed E-state index contributed by atoms with van der Waals surface area (Å²) in [6.45, 7) is 9.17. The summed E-state index contributed by atoms with van der Waals surface area (Å²) >= 11 is 0. The summed E-state index contributed by atoms with van der Waals surface area (Å²) in [5, 5.41) is 3.28. The lowest BCUT2D eigenvalue weighted by Crippen LogP contribution is -2.47. The zero-order chi connectivity index (χ0) is 27.9. The van der Waals surface area contributed by atoms with Crippen molar-refractivity contribution in [3.8, 4) is 11.1 Å². The first-order valence-corrected chi connectivity index (χ1v) is 14.6. The van der Waals surface area contributed by atoms with Gasteiger partial charge in [0, 0.05) is 74.4 Å². The minimum Gasteiger partial charge on any atom is -0.423 e. The molecule has 1 aliphatic carbocycles. The fourth-order valence-corrected chi connectivity index (χ4v) is 6.10. The van der Waals surface area contributed by atoms with Crippen LogP contribution in [0.2, 0.25) is 0 Å². The average Bonchev–Trinajstić information content (AvgIpc) is 3.75. The van der Waals surface area contributed by atoms with Gasteiger partial charge in [0.05, 0.1) is 13.2 Å². The number of rotatable bonds is 7. The van der Waals surface area contributed by atoms with Gasteiger partial charge in [-0.2, -0.15) is 4.98 Å². The first-order chi connectivity index (χ1) is 20.0. The zero-order valence-electron chi connectivity index (χ0n) is 23.3. The van der Waals surface area contributed by atoms with Crippen molar-refractivity contribution in [2.45, 2.75) is 32.4 Å². The highest BCUT2D eigenvalue weighted by Gasteiger charge is 2.31. The van der Waals surface area contributed by atoms with Gasteiger partial charge in [-0.05, 0) is 67.3 Å². The molecule has 7 nitrogen and oxygen atoms in total. The highest BCUT2D eigenvalue weighted by atomic mass is 19.1. The van der Waals surface area contributed by atoms with Crippen LogP contribution in [0.5, 0.6) is 0 Å². The maximum atomic E-state index is 15.1. The van der Waals surface area contributed by atoms with E-state index in [2.05, 4.69) is 39.2 Å². The topological polar surface area (TPSA) is 57.0 Å². The van der Waals surface area contributed by atoms with Gasteiger partial charge in [0.25, 0.3) is 6.01 Å². The second-order valence-electron chi connectivity index (χ2n) is 11.4. The Bertz CT molecular complexity index is 1530. The summed E-state index contributed by atoms with van der Waals surface area (Å²) < 4.78 is 41.7. The van der Waals surface area contributed by atoms with Crippen LogP contribution in [0.15, 0.2) is 52.9 Å². The van der Waals surface area contributed by atoms with E-state index in [4.69, 9.17) is 9.15 Å². The lowest BCUT2D eigenvalue weighted by molar-refractivity contribution is 0.0332. The van der Waals surface area contributed by atoms with Crippen molar-refractivity contribution < 1.29 is 17.9 Å². The van der Waals surface area contributed by atoms with Crippen molar-refractivity contribution >= 4 is 28.5 Å². The van der Waals surface area contributed by atoms with E-state index in [0.717, 1.165) is 37.9 Å². The van der Waals surface area contributed by atoms with Gasteiger partial charge in [-0.25, -0.2) is 8.78 Å². The number of nitrogens with zero attached hydrogens (tertiary/aromatic N) is 4. The van der Waals surface area contributed by atoms with E-state index < -0.39 is 11.6 Å². The molecule has 2 saturated heterocycles. The second-order valence-corrected chi connectivity index (χ2v) is 11.4. The number of anilines is 3. The van der Waals surface area contributed by atoms with Gasteiger partial charge in [-0.1, -0.05) is 12.1 Å². The van der Waals surface area contributed by atoms with Crippen LogP contribution in [-0.4, -0.2) is 73.3 Å². The number of para-hydroxylation sites is 1. The predicted molar refractivity (Wildman–Crippen MR) is 157 cm³/mol. The standard InChI is InChI=1S/C32H35F2N5O2/c1-21-17-23(5-8-30(21)39-11-9-38(10-12-39)24-6-7-24)35-32-36-29-4-2-3-25(31(29)41-32)22-18-27(33)26(28(34)19-22)20-37-13-15-40-16-14-37/h2-5,8,17-19,24H,6-7,9-16,20H2,1H3,(H,35,36). The molecular weight excluding hydrogens is 524 g/mol. The van der Waals surface area contributed by atoms with Crippen molar-refractivity contribution in [3.63, 3.8) is 0 Å². The number of benzene rings is 3. The van der Waals surface area contributed by atoms with Gasteiger partial charge in [0.15, 0.2) is 5.58 Å². The molecule has 0 spiro atoms. The molecule has 0 bridgehead atoms. The van der Waals surface area contributed by atoms with E-state index in [1.807, 2.05) is 23.1 Å². The molecular formula is C32H35F2N5O2. The number of halogens is 2. The Morgan fingerprint density at radius 3 is 2.39 bits per heavy atom. The number of hydrogen-bond donors (Lipinski definition) is 1. The minimum absolute atomic E-state index is 0.0753. The maximum Gasteiger partial charge on any atom is 0.300 e. The fourth-order valence-electron chi connectivity index (χ4n) is 6.10. The van der Waals surface area contributed by atoms with E-state index in [0.29, 0.717) is 54.5 Å². The van der Waals surface area contributed by atoms with E-state index in [-0.39, 0.29) is 12.1 Å². The number of hydrogen-bond acceptors (Lipinski definition) is 7. The smallest absolute Gasteiger partial charge is 0.300 e. The molecule has 0 unspecified atom stereocenters. The molecule has 214 valence electrons. The van der Waals surface area contributed by atoms with E-state index in [9.17, 15) is 0 Å². The molecule has 7 rings (SSSR count). The Morgan fingerprint density at radius 2 is 1.68 bits per heavy atom. The Morgan fingerprint density at radius 1 is 0.927 bits per heavy atom. The van der Waals surface area contributed by atoms with Crippen molar-refractivity contribution in [3.05, 3.63) is 71.3 Å². The number of nitrogens with one attached hydrogen (secondary N) is 1. The van der Waals surface area contributed by atoms with E-state index in [1.165, 1.54) is 36.2 Å². The van der Waals surface area contributed by atoms with Gasteiger partial charge in [0.2, 0.25) is 0 Å². The van der Waals surface area contributed by atoms with Crippen LogP contribution in [-0.2, 0) is 11.3 Å². The normalized spacial score (nSPS) is 18.8. The molecule has 2 aliphatic heterocycles. The van der Waals surface area contributed by atoms with Crippen LogP contribution >= 0.6 is 0 Å². The minimum atomic E-state index is -0.564. The van der Waals surface area contributed by atoms with Crippen LogP contribution < -0.4 is 10.2 Å². The first kappa shape index (κ1) is 26.4. The highest BCUT2D eigenvalue weighted by Crippen LogP contribution is 2.35. The van der Waals surface area contributed by atoms with Gasteiger partial charge >= 0.3 is 0 Å². The van der Waals surface area contributed by atoms with Crippen LogP contribution in [0, 0.1) is 18.6 Å². The van der Waals surface area contributed by atoms with Crippen molar-refractivity contribution in [2.24, 2.45) is 0 Å². The second kappa shape index (κ2) is 11.0. The monoisotopic (exact) mass is 559 g/mol. The fraction of sp³-hybridized carbons (Fsp3) is 0.406. The van der Waals surface area contributed by atoms with E-state index >= 15 is 8.78 Å². The maximum absolute atomic E-state index is 15.1. The number of oxazole rings is 1. The molecule has 4 aromatic rings. The van der Waals surface area contributed by atoms with Crippen LogP contribution in [0.3, 0.4) is 0 Å². The van der Waals surface area contributed by atoms with Crippen LogP contribution in [0.4, 0.5) is 26.2 Å². The van der Waals surface area contributed by atoms with Crippen molar-refractivity contribution in [1.82, 2.24) is 14.8 Å². The third kappa shape index (κ3) is 5.54. The number of aromatic nitrogens is 1. The average molecular weight is 560 g/mol. The summed E-state index contributed by atoms with van der Waals surface area (Å²) in [7, 11) is 0. The molecule has 3 aromatic carbocycles. The predicted octanol–water partition coefficient (Wildman–Crippen LogP) is 5.94. The molecule has 0 radical (unpaired) electrons. The first-order valence-electron chi connectivity index (χ1n) is 14.6. The van der Waals surface area contributed by atoms with Gasteiger partial charge in [0.1, 0.15) is 17.2 Å². The quantitative estimate of drug-likeness (QED) is 0.301. The third-order valence-corrected chi connectivity index (χ3v) is 8.52. The van der Waals surface area contributed by atoms with Gasteiger partial charge < -0.3 is 19.4 Å². The molecule has 1 saturated carbocycles. The summed E-state index contributed by atoms with van der Waals surface area (Å²) in [6, 6.07) is 15.7. The summed E-state index contributed by atoms with van der Waals surface area (Å²) in [5.41, 5.74) is 5.51. The van der Waals surface area contributed by atoms with Crippen molar-refractivity contribution in [2.75, 3.05) is 62.7 Å². The summed E-state index contributed by atoms with van der Waals surface area (Å²) in [4.78, 5) is 11.7. The molecule has 41 heavy (non-hydrogen) atoms. The molecule has 9 heteroatoms. The van der Waals surface area contributed by atoms with Gasteiger partial charge in [-0.3, -0.25) is 9.80 Å². The molecule has 1 N–H and O–H groups in total. The van der Waals surface area contributed by atoms with Gasteiger partial charge in [-0.15, -0.1) is 0 Å².